The average molecular weight is 362 g/mol. The zero-order chi connectivity index (χ0) is 18.3. The second-order valence-electron chi connectivity index (χ2n) is 8.72. The number of amides is 4. The molecule has 4 fully saturated rings. The van der Waals surface area contributed by atoms with E-state index in [4.69, 9.17) is 0 Å². The molecule has 0 aromatic carbocycles. The molecule has 2 N–H and O–H groups in total. The Bertz CT molecular complexity index is 586. The van der Waals surface area contributed by atoms with Crippen LogP contribution in [0.1, 0.15) is 45.4 Å². The van der Waals surface area contributed by atoms with E-state index in [9.17, 15) is 14.4 Å². The minimum Gasteiger partial charge on any atom is -0.341 e. The lowest BCUT2D eigenvalue weighted by atomic mass is 9.77. The fourth-order valence-corrected chi connectivity index (χ4v) is 5.12. The van der Waals surface area contributed by atoms with Gasteiger partial charge in [-0.25, -0.2) is 4.79 Å². The van der Waals surface area contributed by atoms with Crippen LogP contribution in [0.2, 0.25) is 0 Å². The van der Waals surface area contributed by atoms with Crippen molar-refractivity contribution in [1.29, 1.82) is 0 Å². The van der Waals surface area contributed by atoms with Crippen molar-refractivity contribution in [3.05, 3.63) is 0 Å². The highest BCUT2D eigenvalue weighted by atomic mass is 16.2. The minimum absolute atomic E-state index is 0.0948. The summed E-state index contributed by atoms with van der Waals surface area (Å²) in [5, 5.41) is 6.33. The van der Waals surface area contributed by atoms with Crippen LogP contribution in [0.4, 0.5) is 4.79 Å². The van der Waals surface area contributed by atoms with Gasteiger partial charge in [0, 0.05) is 13.1 Å². The Kier molecular flexibility index (Phi) is 4.67. The first-order valence-corrected chi connectivity index (χ1v) is 10.1. The fourth-order valence-electron chi connectivity index (χ4n) is 5.12. The number of imide groups is 1. The van der Waals surface area contributed by atoms with Gasteiger partial charge in [-0.2, -0.15) is 0 Å². The number of carbonyl (C=O) groups is 3. The summed E-state index contributed by atoms with van der Waals surface area (Å²) in [5.74, 6) is 1.60. The van der Waals surface area contributed by atoms with Crippen molar-refractivity contribution in [2.45, 2.75) is 51.0 Å². The molecular formula is C19H30N4O3. The van der Waals surface area contributed by atoms with Crippen LogP contribution in [-0.4, -0.2) is 65.9 Å². The maximum atomic E-state index is 12.9. The maximum Gasteiger partial charge on any atom is 0.325 e. The molecule has 0 unspecified atom stereocenters. The Morgan fingerprint density at radius 1 is 1.08 bits per heavy atom. The number of nitrogens with one attached hydrogen (secondary N) is 2. The van der Waals surface area contributed by atoms with Crippen LogP contribution in [0.5, 0.6) is 0 Å². The highest BCUT2D eigenvalue weighted by Crippen LogP contribution is 2.36. The summed E-state index contributed by atoms with van der Waals surface area (Å²) in [6.07, 6.45) is 5.26. The minimum atomic E-state index is -0.759. The van der Waals surface area contributed by atoms with Crippen molar-refractivity contribution in [3.8, 4) is 0 Å². The summed E-state index contributed by atoms with van der Waals surface area (Å²) in [5.41, 5.74) is -0.759. The van der Waals surface area contributed by atoms with Gasteiger partial charge in [0.05, 0.1) is 0 Å². The van der Waals surface area contributed by atoms with Crippen LogP contribution in [0.3, 0.4) is 0 Å². The summed E-state index contributed by atoms with van der Waals surface area (Å²) >= 11 is 0. The van der Waals surface area contributed by atoms with Crippen molar-refractivity contribution in [3.63, 3.8) is 0 Å². The summed E-state index contributed by atoms with van der Waals surface area (Å²) in [4.78, 5) is 41.1. The first kappa shape index (κ1) is 17.8. The number of carbonyl (C=O) groups excluding carboxylic acids is 3. The smallest absolute Gasteiger partial charge is 0.325 e. The molecule has 144 valence electrons. The number of likely N-dealkylation sites (tertiary alicyclic amines) is 1. The van der Waals surface area contributed by atoms with Gasteiger partial charge in [-0.05, 0) is 69.4 Å². The molecule has 26 heavy (non-hydrogen) atoms. The van der Waals surface area contributed by atoms with Crippen molar-refractivity contribution in [2.75, 3.05) is 32.7 Å². The van der Waals surface area contributed by atoms with E-state index in [0.29, 0.717) is 30.6 Å². The van der Waals surface area contributed by atoms with Gasteiger partial charge in [-0.15, -0.1) is 0 Å². The van der Waals surface area contributed by atoms with E-state index in [0.717, 1.165) is 56.8 Å². The molecule has 2 atom stereocenters. The lowest BCUT2D eigenvalue weighted by Gasteiger charge is -2.33. The van der Waals surface area contributed by atoms with Gasteiger partial charge in [0.15, 0.2) is 0 Å². The number of urea groups is 1. The standard InChI is InChI=1S/C19H30N4O3/c1-13-2-6-19(7-3-13)17(25)23(18(26)21-19)12-16(24)22-8-4-14-10-20-11-15(14)5-9-22/h13-15,20H,2-12H2,1H3,(H,21,26)/t13?,14-,15+,19?. The third kappa shape index (κ3) is 3.10. The van der Waals surface area contributed by atoms with Crippen molar-refractivity contribution in [2.24, 2.45) is 17.8 Å². The van der Waals surface area contributed by atoms with Crippen molar-refractivity contribution in [1.82, 2.24) is 20.4 Å². The molecule has 0 aromatic heterocycles. The molecule has 3 heterocycles. The molecule has 1 saturated carbocycles. The summed E-state index contributed by atoms with van der Waals surface area (Å²) < 4.78 is 0. The van der Waals surface area contributed by atoms with Crippen LogP contribution in [0.25, 0.3) is 0 Å². The van der Waals surface area contributed by atoms with E-state index < -0.39 is 11.6 Å². The monoisotopic (exact) mass is 362 g/mol. The predicted octanol–water partition coefficient (Wildman–Crippen LogP) is 0.945. The first-order valence-electron chi connectivity index (χ1n) is 10.1. The Morgan fingerprint density at radius 2 is 1.69 bits per heavy atom. The number of hydrogen-bond donors (Lipinski definition) is 2. The molecule has 3 aliphatic heterocycles. The number of rotatable bonds is 2. The van der Waals surface area contributed by atoms with Crippen LogP contribution in [0, 0.1) is 17.8 Å². The van der Waals surface area contributed by atoms with E-state index in [2.05, 4.69) is 17.6 Å². The largest absolute Gasteiger partial charge is 0.341 e. The van der Waals surface area contributed by atoms with E-state index >= 15 is 0 Å². The number of nitrogens with zero attached hydrogens (tertiary/aromatic N) is 2. The molecule has 4 amide bonds. The topological polar surface area (TPSA) is 81.8 Å². The summed E-state index contributed by atoms with van der Waals surface area (Å²) in [6, 6.07) is -0.395. The first-order chi connectivity index (χ1) is 12.5. The van der Waals surface area contributed by atoms with Gasteiger partial charge in [0.2, 0.25) is 5.91 Å². The Hall–Kier alpha value is -1.63. The van der Waals surface area contributed by atoms with E-state index in [1.165, 1.54) is 0 Å². The molecule has 7 nitrogen and oxygen atoms in total. The number of hydrogen-bond acceptors (Lipinski definition) is 4. The highest BCUT2D eigenvalue weighted by molar-refractivity contribution is 6.09. The van der Waals surface area contributed by atoms with E-state index in [-0.39, 0.29) is 18.4 Å². The van der Waals surface area contributed by atoms with Gasteiger partial charge in [0.25, 0.3) is 5.91 Å². The van der Waals surface area contributed by atoms with Gasteiger partial charge in [-0.3, -0.25) is 14.5 Å². The van der Waals surface area contributed by atoms with Crippen LogP contribution < -0.4 is 10.6 Å². The molecule has 0 bridgehead atoms. The molecule has 1 spiro atoms. The molecule has 4 aliphatic rings. The third-order valence-corrected chi connectivity index (χ3v) is 7.04. The zero-order valence-corrected chi connectivity index (χ0v) is 15.6. The second kappa shape index (κ2) is 6.83. The molecule has 0 radical (unpaired) electrons. The number of fused-ring (bicyclic) bond motifs is 1. The summed E-state index contributed by atoms with van der Waals surface area (Å²) in [6.45, 7) is 5.61. The van der Waals surface area contributed by atoms with Crippen molar-refractivity contribution >= 4 is 17.8 Å². The molecule has 1 aliphatic carbocycles. The Morgan fingerprint density at radius 3 is 2.31 bits per heavy atom. The van der Waals surface area contributed by atoms with Crippen LogP contribution in [-0.2, 0) is 9.59 Å². The van der Waals surface area contributed by atoms with Gasteiger partial charge >= 0.3 is 6.03 Å². The lowest BCUT2D eigenvalue weighted by molar-refractivity contribution is -0.139. The molecular weight excluding hydrogens is 332 g/mol. The Balaban J connectivity index is 1.38. The quantitative estimate of drug-likeness (QED) is 0.717. The van der Waals surface area contributed by atoms with Gasteiger partial charge < -0.3 is 15.5 Å². The normalized spacial score (nSPS) is 37.7. The predicted molar refractivity (Wildman–Crippen MR) is 96.3 cm³/mol. The van der Waals surface area contributed by atoms with E-state index in [1.807, 2.05) is 4.90 Å². The fraction of sp³-hybridized carbons (Fsp3) is 0.842. The Labute approximate surface area is 154 Å². The van der Waals surface area contributed by atoms with Gasteiger partial charge in [-0.1, -0.05) is 6.92 Å². The molecule has 7 heteroatoms. The maximum absolute atomic E-state index is 12.9. The molecule has 0 aromatic rings. The third-order valence-electron chi connectivity index (χ3n) is 7.04. The second-order valence-corrected chi connectivity index (χ2v) is 8.72. The summed E-state index contributed by atoms with van der Waals surface area (Å²) in [7, 11) is 0. The SMILES string of the molecule is CC1CCC2(CC1)NC(=O)N(CC(=O)N1CC[C@@H]3CNC[C@@H]3CC1)C2=O. The molecule has 3 saturated heterocycles. The lowest BCUT2D eigenvalue weighted by Crippen LogP contribution is -2.50. The van der Waals surface area contributed by atoms with E-state index in [1.54, 1.807) is 0 Å². The highest BCUT2D eigenvalue weighted by Gasteiger charge is 2.52. The molecule has 4 rings (SSSR count). The van der Waals surface area contributed by atoms with Crippen molar-refractivity contribution < 1.29 is 14.4 Å². The van der Waals surface area contributed by atoms with Gasteiger partial charge in [0.1, 0.15) is 12.1 Å². The van der Waals surface area contributed by atoms with Crippen LogP contribution in [0.15, 0.2) is 0 Å². The average Bonchev–Trinajstić information content (AvgIpc) is 3.09. The zero-order valence-electron chi connectivity index (χ0n) is 15.6. The van der Waals surface area contributed by atoms with Crippen LogP contribution >= 0.6 is 0 Å².